The van der Waals surface area contributed by atoms with Gasteiger partial charge in [-0.2, -0.15) is 0 Å². The van der Waals surface area contributed by atoms with Gasteiger partial charge in [0, 0.05) is 10.5 Å². The highest BCUT2D eigenvalue weighted by molar-refractivity contribution is 9.09. The molecule has 1 aliphatic carbocycles. The van der Waals surface area contributed by atoms with E-state index in [-0.39, 0.29) is 0 Å². The van der Waals surface area contributed by atoms with Crippen molar-refractivity contribution in [2.75, 3.05) is 0 Å². The topological polar surface area (TPSA) is 26.0 Å². The van der Waals surface area contributed by atoms with Gasteiger partial charge in [0.2, 0.25) is 0 Å². The van der Waals surface area contributed by atoms with E-state index in [1.165, 1.54) is 25.7 Å². The monoisotopic (exact) mass is 203 g/mol. The van der Waals surface area contributed by atoms with Gasteiger partial charge >= 0.3 is 0 Å². The van der Waals surface area contributed by atoms with Crippen molar-refractivity contribution in [3.8, 4) is 0 Å². The van der Waals surface area contributed by atoms with Crippen LogP contribution in [0.5, 0.6) is 0 Å². The lowest BCUT2D eigenvalue weighted by Crippen LogP contribution is -2.18. The number of halogens is 1. The first-order chi connectivity index (χ1) is 4.70. The van der Waals surface area contributed by atoms with Crippen LogP contribution in [0.3, 0.4) is 0 Å². The maximum atomic E-state index is 5.60. The van der Waals surface area contributed by atoms with E-state index in [2.05, 4.69) is 22.5 Å². The summed E-state index contributed by atoms with van der Waals surface area (Å²) in [4.78, 5) is 0.725. The van der Waals surface area contributed by atoms with Gasteiger partial charge in [0.05, 0.1) is 0 Å². The van der Waals surface area contributed by atoms with E-state index < -0.39 is 0 Å². The van der Waals surface area contributed by atoms with Crippen LogP contribution in [0, 0.1) is 5.92 Å². The van der Waals surface area contributed by atoms with Crippen LogP contribution in [-0.2, 0) is 0 Å². The zero-order valence-corrected chi connectivity index (χ0v) is 7.73. The Morgan fingerprint density at radius 1 is 1.30 bits per heavy atom. The summed E-state index contributed by atoms with van der Waals surface area (Å²) in [5.74, 6) is 0.591. The summed E-state index contributed by atoms with van der Waals surface area (Å²) in [5, 5.41) is 0. The van der Waals surface area contributed by atoms with Crippen molar-refractivity contribution in [3.63, 3.8) is 0 Å². The van der Waals surface area contributed by atoms with Crippen LogP contribution in [-0.4, -0.2) is 4.83 Å². The van der Waals surface area contributed by atoms with E-state index in [9.17, 15) is 0 Å². The maximum Gasteiger partial charge on any atom is 0.0146 e. The van der Waals surface area contributed by atoms with E-state index in [1.807, 2.05) is 0 Å². The number of rotatable bonds is 1. The number of allylic oxidation sites excluding steroid dienone is 1. The van der Waals surface area contributed by atoms with Gasteiger partial charge in [-0.25, -0.2) is 0 Å². The summed E-state index contributed by atoms with van der Waals surface area (Å²) in [6.45, 7) is 3.77. The normalized spacial score (nSPS) is 33.7. The lowest BCUT2D eigenvalue weighted by atomic mass is 9.87. The molecule has 1 fully saturated rings. The number of hydrogen-bond donors (Lipinski definition) is 1. The Bertz CT molecular complexity index is 125. The molecule has 0 aliphatic heterocycles. The van der Waals surface area contributed by atoms with Crippen molar-refractivity contribution >= 4 is 15.9 Å². The number of nitrogens with two attached hydrogens (primary N) is 1. The van der Waals surface area contributed by atoms with E-state index in [4.69, 9.17) is 5.73 Å². The van der Waals surface area contributed by atoms with Crippen LogP contribution in [0.1, 0.15) is 25.7 Å². The first kappa shape index (κ1) is 8.12. The Labute approximate surface area is 70.8 Å². The zero-order chi connectivity index (χ0) is 7.56. The number of hydrogen-bond acceptors (Lipinski definition) is 1. The zero-order valence-electron chi connectivity index (χ0n) is 6.15. The molecule has 1 saturated carbocycles. The molecule has 0 unspecified atom stereocenters. The molecule has 10 heavy (non-hydrogen) atoms. The van der Waals surface area contributed by atoms with Crippen molar-refractivity contribution < 1.29 is 0 Å². The second kappa shape index (κ2) is 3.42. The fourth-order valence-corrected chi connectivity index (χ4v) is 1.95. The molecule has 2 heteroatoms. The van der Waals surface area contributed by atoms with Gasteiger partial charge < -0.3 is 5.73 Å². The molecule has 0 atom stereocenters. The third-order valence-corrected chi connectivity index (χ3v) is 3.10. The molecular weight excluding hydrogens is 190 g/mol. The fourth-order valence-electron chi connectivity index (χ4n) is 1.42. The van der Waals surface area contributed by atoms with Crippen LogP contribution in [0.15, 0.2) is 12.3 Å². The first-order valence-corrected chi connectivity index (χ1v) is 4.70. The Morgan fingerprint density at radius 2 is 1.80 bits per heavy atom. The van der Waals surface area contributed by atoms with Gasteiger partial charge in [0.1, 0.15) is 0 Å². The fraction of sp³-hybridized carbons (Fsp3) is 0.750. The molecule has 0 aromatic heterocycles. The highest BCUT2D eigenvalue weighted by atomic mass is 79.9. The van der Waals surface area contributed by atoms with Gasteiger partial charge in [-0.3, -0.25) is 0 Å². The standard InChI is InChI=1S/C8H14BrN/c1-6(10)7-2-4-8(9)5-3-7/h7-8H,1-5,10H2/t7-,8+. The molecule has 1 aliphatic rings. The highest BCUT2D eigenvalue weighted by Crippen LogP contribution is 2.30. The predicted molar refractivity (Wildman–Crippen MR) is 48.0 cm³/mol. The lowest BCUT2D eigenvalue weighted by molar-refractivity contribution is 0.413. The summed E-state index contributed by atoms with van der Waals surface area (Å²) in [5.41, 5.74) is 6.48. The molecule has 0 aromatic carbocycles. The first-order valence-electron chi connectivity index (χ1n) is 3.78. The maximum absolute atomic E-state index is 5.60. The van der Waals surface area contributed by atoms with Gasteiger partial charge in [0.25, 0.3) is 0 Å². The van der Waals surface area contributed by atoms with Gasteiger partial charge in [-0.15, -0.1) is 0 Å². The van der Waals surface area contributed by atoms with Crippen LogP contribution in [0.25, 0.3) is 0 Å². The highest BCUT2D eigenvalue weighted by Gasteiger charge is 2.19. The van der Waals surface area contributed by atoms with Crippen molar-refractivity contribution in [3.05, 3.63) is 12.3 Å². The average molecular weight is 204 g/mol. The van der Waals surface area contributed by atoms with Crippen molar-refractivity contribution in [2.24, 2.45) is 11.7 Å². The quantitative estimate of drug-likeness (QED) is 0.652. The molecule has 58 valence electrons. The van der Waals surface area contributed by atoms with Crippen molar-refractivity contribution in [1.29, 1.82) is 0 Å². The van der Waals surface area contributed by atoms with Crippen molar-refractivity contribution in [2.45, 2.75) is 30.5 Å². The van der Waals surface area contributed by atoms with Gasteiger partial charge in [-0.1, -0.05) is 22.5 Å². The molecule has 0 radical (unpaired) electrons. The Hall–Kier alpha value is 0.0200. The van der Waals surface area contributed by atoms with Crippen molar-refractivity contribution in [1.82, 2.24) is 0 Å². The minimum Gasteiger partial charge on any atom is -0.402 e. The third-order valence-electron chi connectivity index (χ3n) is 2.18. The SMILES string of the molecule is C=C(N)[C@H]1CC[C@@H](Br)CC1. The summed E-state index contributed by atoms with van der Waals surface area (Å²) in [6.07, 6.45) is 4.93. The van der Waals surface area contributed by atoms with Crippen LogP contribution >= 0.6 is 15.9 Å². The summed E-state index contributed by atoms with van der Waals surface area (Å²) < 4.78 is 0. The molecule has 0 heterocycles. The second-order valence-corrected chi connectivity index (χ2v) is 4.32. The van der Waals surface area contributed by atoms with Crippen LogP contribution < -0.4 is 5.73 Å². The summed E-state index contributed by atoms with van der Waals surface area (Å²) >= 11 is 3.59. The van der Waals surface area contributed by atoms with E-state index >= 15 is 0 Å². The molecule has 0 bridgehead atoms. The minimum atomic E-state index is 0.591. The average Bonchev–Trinajstić information content (AvgIpc) is 1.88. The Kier molecular flexibility index (Phi) is 2.78. The second-order valence-electron chi connectivity index (χ2n) is 3.02. The molecule has 1 rings (SSSR count). The van der Waals surface area contributed by atoms with E-state index in [0.717, 1.165) is 10.5 Å². The van der Waals surface area contributed by atoms with Gasteiger partial charge in [-0.05, 0) is 31.6 Å². The molecule has 0 amide bonds. The van der Waals surface area contributed by atoms with Crippen LogP contribution in [0.2, 0.25) is 0 Å². The Balaban J connectivity index is 2.33. The lowest BCUT2D eigenvalue weighted by Gasteiger charge is -2.24. The molecule has 0 spiro atoms. The molecule has 1 nitrogen and oxygen atoms in total. The third kappa shape index (κ3) is 2.01. The van der Waals surface area contributed by atoms with E-state index in [1.54, 1.807) is 0 Å². The Morgan fingerprint density at radius 3 is 2.20 bits per heavy atom. The molecule has 0 aromatic rings. The predicted octanol–water partition coefficient (Wildman–Crippen LogP) is 2.41. The number of alkyl halides is 1. The van der Waals surface area contributed by atoms with E-state index in [0.29, 0.717) is 5.92 Å². The van der Waals surface area contributed by atoms with Gasteiger partial charge in [0.15, 0.2) is 0 Å². The minimum absolute atomic E-state index is 0.591. The largest absolute Gasteiger partial charge is 0.402 e. The molecule has 0 saturated heterocycles. The summed E-state index contributed by atoms with van der Waals surface area (Å²) in [6, 6.07) is 0. The summed E-state index contributed by atoms with van der Waals surface area (Å²) in [7, 11) is 0. The smallest absolute Gasteiger partial charge is 0.0146 e. The molecule has 2 N–H and O–H groups in total. The van der Waals surface area contributed by atoms with Crippen LogP contribution in [0.4, 0.5) is 0 Å². The molecular formula is C8H14BrN.